The van der Waals surface area contributed by atoms with E-state index in [1.54, 1.807) is 24.3 Å². The molecule has 0 aromatic heterocycles. The Morgan fingerprint density at radius 2 is 1.35 bits per heavy atom. The van der Waals surface area contributed by atoms with Crippen LogP contribution >= 0.6 is 13.6 Å². The van der Waals surface area contributed by atoms with Gasteiger partial charge in [-0.2, -0.15) is 30.3 Å². The summed E-state index contributed by atoms with van der Waals surface area (Å²) in [5, 5.41) is 0. The molecule has 2 aromatic rings. The molecule has 0 atom stereocenters. The van der Waals surface area contributed by atoms with Crippen LogP contribution in [-0.4, -0.2) is 0 Å². The van der Waals surface area contributed by atoms with Gasteiger partial charge in [0, 0.05) is 0 Å². The van der Waals surface area contributed by atoms with Crippen molar-refractivity contribution in [2.24, 2.45) is 0 Å². The first-order valence-electron chi connectivity index (χ1n) is 4.56. The average molecular weight is 352 g/mol. The van der Waals surface area contributed by atoms with E-state index in [0.717, 1.165) is 12.1 Å². The van der Waals surface area contributed by atoms with Crippen LogP contribution in [0.1, 0.15) is 0 Å². The topological polar surface area (TPSA) is 0 Å². The standard InChI is InChI=1S/C12H6F3.BrH.Zn/c13-10-6-9(7-11(14)12(10)15)8-4-2-1-3-5-8;;/h2-7H;1H;/q-1;;+2/p-1. The van der Waals surface area contributed by atoms with Crippen molar-refractivity contribution in [2.45, 2.75) is 0 Å². The molecule has 0 radical (unpaired) electrons. The molecule has 0 bridgehead atoms. The van der Waals surface area contributed by atoms with Gasteiger partial charge in [-0.15, -0.1) is 5.56 Å². The van der Waals surface area contributed by atoms with E-state index >= 15 is 0 Å². The van der Waals surface area contributed by atoms with Gasteiger partial charge in [-0.1, -0.05) is 0 Å². The first kappa shape index (κ1) is 14.4. The molecule has 2 aromatic carbocycles. The molecule has 0 heterocycles. The Bertz CT molecular complexity index is 465. The van der Waals surface area contributed by atoms with E-state index in [1.165, 1.54) is 16.3 Å². The molecule has 0 amide bonds. The van der Waals surface area contributed by atoms with E-state index in [4.69, 9.17) is 0 Å². The second kappa shape index (κ2) is 6.92. The Kier molecular flexibility index (Phi) is 5.86. The van der Waals surface area contributed by atoms with Crippen LogP contribution in [0, 0.1) is 23.5 Å². The van der Waals surface area contributed by atoms with Crippen LogP contribution in [0.15, 0.2) is 36.4 Å². The van der Waals surface area contributed by atoms with E-state index < -0.39 is 17.5 Å². The molecule has 0 aliphatic heterocycles. The molecule has 0 unspecified atom stereocenters. The summed E-state index contributed by atoms with van der Waals surface area (Å²) in [5.41, 5.74) is 0.923. The van der Waals surface area contributed by atoms with Crippen LogP contribution in [0.4, 0.5) is 13.2 Å². The molecular formula is C12H6BrF3Zn. The first-order chi connectivity index (χ1) is 8.18. The summed E-state index contributed by atoms with van der Waals surface area (Å²) in [7, 11) is 0. The summed E-state index contributed by atoms with van der Waals surface area (Å²) in [6.07, 6.45) is 0. The Balaban J connectivity index is 0.000000686. The first-order valence-corrected chi connectivity index (χ1v) is 11.5. The Labute approximate surface area is 114 Å². The van der Waals surface area contributed by atoms with Gasteiger partial charge >= 0.3 is 30.0 Å². The van der Waals surface area contributed by atoms with E-state index in [9.17, 15) is 13.2 Å². The molecule has 0 nitrogen and oxygen atoms in total. The van der Waals surface area contributed by atoms with Crippen molar-refractivity contribution >= 4 is 13.6 Å². The van der Waals surface area contributed by atoms with Crippen molar-refractivity contribution in [3.05, 3.63) is 59.9 Å². The van der Waals surface area contributed by atoms with E-state index in [1.807, 2.05) is 0 Å². The molecule has 5 heteroatoms. The Morgan fingerprint density at radius 3 is 1.82 bits per heavy atom. The fourth-order valence-electron chi connectivity index (χ4n) is 1.30. The maximum atomic E-state index is 12.9. The van der Waals surface area contributed by atoms with Crippen LogP contribution in [0.3, 0.4) is 0 Å². The zero-order valence-electron chi connectivity index (χ0n) is 8.68. The monoisotopic (exact) mass is 350 g/mol. The van der Waals surface area contributed by atoms with Crippen LogP contribution in [0.5, 0.6) is 0 Å². The van der Waals surface area contributed by atoms with Crippen LogP contribution in [-0.2, 0) is 16.3 Å². The van der Waals surface area contributed by atoms with Gasteiger partial charge in [0.15, 0.2) is 17.5 Å². The summed E-state index contributed by atoms with van der Waals surface area (Å²) in [4.78, 5) is 0. The zero-order chi connectivity index (χ0) is 12.8. The van der Waals surface area contributed by atoms with Crippen LogP contribution in [0.25, 0.3) is 11.1 Å². The van der Waals surface area contributed by atoms with Gasteiger partial charge in [-0.05, 0) is 17.7 Å². The quantitative estimate of drug-likeness (QED) is 0.405. The van der Waals surface area contributed by atoms with E-state index in [0.29, 0.717) is 11.1 Å². The summed E-state index contributed by atoms with van der Waals surface area (Å²) in [5.74, 6) is -3.81. The predicted molar refractivity (Wildman–Crippen MR) is 59.5 cm³/mol. The normalized spacial score (nSPS) is 9.53. The van der Waals surface area contributed by atoms with Crippen LogP contribution < -0.4 is 0 Å². The summed E-state index contributed by atoms with van der Waals surface area (Å²) in [6.45, 7) is 0. The fraction of sp³-hybridized carbons (Fsp3) is 0. The molecular weight excluding hydrogens is 346 g/mol. The third-order valence-corrected chi connectivity index (χ3v) is 2.04. The van der Waals surface area contributed by atoms with E-state index in [2.05, 4.69) is 19.7 Å². The van der Waals surface area contributed by atoms with Crippen molar-refractivity contribution in [3.63, 3.8) is 0 Å². The molecule has 0 spiro atoms. The number of halogens is 4. The fourth-order valence-corrected chi connectivity index (χ4v) is 1.30. The molecule has 0 N–H and O–H groups in total. The van der Waals surface area contributed by atoms with Gasteiger partial charge in [-0.3, -0.25) is 0 Å². The molecule has 84 valence electrons. The number of hydrogen-bond acceptors (Lipinski definition) is 0. The van der Waals surface area contributed by atoms with Gasteiger partial charge in [0.25, 0.3) is 0 Å². The van der Waals surface area contributed by atoms with Crippen molar-refractivity contribution in [1.29, 1.82) is 0 Å². The molecule has 17 heavy (non-hydrogen) atoms. The molecule has 0 saturated carbocycles. The number of hydrogen-bond donors (Lipinski definition) is 0. The van der Waals surface area contributed by atoms with Gasteiger partial charge in [0.2, 0.25) is 0 Å². The zero-order valence-corrected chi connectivity index (χ0v) is 13.2. The van der Waals surface area contributed by atoms with Crippen molar-refractivity contribution < 1.29 is 29.5 Å². The minimum atomic E-state index is -1.44. The van der Waals surface area contributed by atoms with Crippen molar-refractivity contribution in [1.82, 2.24) is 0 Å². The van der Waals surface area contributed by atoms with Gasteiger partial charge in [0.1, 0.15) is 0 Å². The summed E-state index contributed by atoms with van der Waals surface area (Å²) in [6, 6.07) is 11.2. The van der Waals surface area contributed by atoms with Gasteiger partial charge < -0.3 is 0 Å². The molecule has 0 fully saturated rings. The minimum absolute atomic E-state index is 0.306. The van der Waals surface area contributed by atoms with Crippen molar-refractivity contribution in [3.8, 4) is 11.1 Å². The Hall–Kier alpha value is -0.667. The Morgan fingerprint density at radius 1 is 0.882 bits per heavy atom. The summed E-state index contributed by atoms with van der Waals surface area (Å²) < 4.78 is 38.5. The van der Waals surface area contributed by atoms with Crippen LogP contribution in [0.2, 0.25) is 0 Å². The molecule has 0 aliphatic carbocycles. The number of rotatable bonds is 1. The third-order valence-electron chi connectivity index (χ3n) is 2.04. The molecule has 2 rings (SSSR count). The third kappa shape index (κ3) is 3.65. The second-order valence-corrected chi connectivity index (χ2v) is 3.04. The second-order valence-electron chi connectivity index (χ2n) is 3.04. The van der Waals surface area contributed by atoms with E-state index in [-0.39, 0.29) is 0 Å². The summed E-state index contributed by atoms with van der Waals surface area (Å²) >= 11 is 4.25. The van der Waals surface area contributed by atoms with Crippen molar-refractivity contribution in [2.75, 3.05) is 0 Å². The maximum absolute atomic E-state index is 12.9. The SMILES string of the molecule is Fc1cc(-c2cc[c-]cc2)cc(F)c1F.[Zn+][Br]. The van der Waals surface area contributed by atoms with Gasteiger partial charge in [0.05, 0.1) is 0 Å². The predicted octanol–water partition coefficient (Wildman–Crippen LogP) is 4.41. The molecule has 0 saturated heterocycles. The number of benzene rings is 2. The van der Waals surface area contributed by atoms with Gasteiger partial charge in [-0.25, -0.2) is 13.2 Å². The average Bonchev–Trinajstić information content (AvgIpc) is 2.39. The molecule has 0 aliphatic rings.